The maximum absolute atomic E-state index is 13.3. The third-order valence-electron chi connectivity index (χ3n) is 3.31. The zero-order chi connectivity index (χ0) is 18.4. The van der Waals surface area contributed by atoms with Gasteiger partial charge in [0.05, 0.1) is 9.90 Å². The van der Waals surface area contributed by atoms with Crippen LogP contribution in [-0.4, -0.2) is 23.4 Å². The van der Waals surface area contributed by atoms with Gasteiger partial charge in [-0.05, 0) is 19.1 Å². The molecule has 0 aliphatic heterocycles. The number of nitrogens with two attached hydrogens (primary N) is 1. The van der Waals surface area contributed by atoms with E-state index in [1.165, 1.54) is 23.5 Å². The van der Waals surface area contributed by atoms with Crippen LogP contribution in [0, 0.1) is 6.92 Å². The lowest BCUT2D eigenvalue weighted by Gasteiger charge is -2.07. The summed E-state index contributed by atoms with van der Waals surface area (Å²) in [5.41, 5.74) is -0.958. The first-order valence-corrected chi connectivity index (χ1v) is 9.21. The average molecular weight is 388 g/mol. The van der Waals surface area contributed by atoms with E-state index in [1.54, 1.807) is 12.3 Å². The summed E-state index contributed by atoms with van der Waals surface area (Å²) in [6, 6.07) is 4.71. The van der Waals surface area contributed by atoms with Crippen LogP contribution in [-0.2, 0) is 16.2 Å². The first kappa shape index (κ1) is 17.6. The van der Waals surface area contributed by atoms with Crippen LogP contribution in [0.15, 0.2) is 34.5 Å². The summed E-state index contributed by atoms with van der Waals surface area (Å²) >= 11 is 1.29. The Balaban J connectivity index is 2.13. The van der Waals surface area contributed by atoms with Gasteiger partial charge in [-0.2, -0.15) is 13.2 Å². The van der Waals surface area contributed by atoms with Crippen LogP contribution in [0.2, 0.25) is 0 Å². The van der Waals surface area contributed by atoms with E-state index in [0.717, 1.165) is 12.1 Å². The Morgan fingerprint density at radius 3 is 2.28 bits per heavy atom. The van der Waals surface area contributed by atoms with Gasteiger partial charge in [-0.1, -0.05) is 12.1 Å². The van der Waals surface area contributed by atoms with Crippen molar-refractivity contribution in [3.63, 3.8) is 0 Å². The number of hydrogen-bond acceptors (Lipinski definition) is 5. The fourth-order valence-corrected chi connectivity index (χ4v) is 3.30. The highest BCUT2D eigenvalue weighted by Crippen LogP contribution is 2.37. The average Bonchev–Trinajstić information content (AvgIpc) is 3.12. The summed E-state index contributed by atoms with van der Waals surface area (Å²) in [4.78, 5) is 10.2. The number of hydrogen-bond donors (Lipinski definition) is 2. The van der Waals surface area contributed by atoms with Gasteiger partial charge < -0.3 is 4.98 Å². The summed E-state index contributed by atoms with van der Waals surface area (Å²) in [6.45, 7) is 1.73. The van der Waals surface area contributed by atoms with Crippen molar-refractivity contribution in [2.24, 2.45) is 5.14 Å². The number of aryl methyl sites for hydroxylation is 1. The molecule has 0 aliphatic rings. The summed E-state index contributed by atoms with van der Waals surface area (Å²) in [5, 5.41) is 7.28. The normalized spacial score (nSPS) is 12.5. The molecule has 3 N–H and O–H groups in total. The van der Waals surface area contributed by atoms with E-state index in [-0.39, 0.29) is 22.0 Å². The van der Waals surface area contributed by atoms with Crippen LogP contribution >= 0.6 is 11.3 Å². The zero-order valence-electron chi connectivity index (χ0n) is 12.6. The Hall–Kier alpha value is -2.24. The van der Waals surface area contributed by atoms with Crippen LogP contribution in [0.3, 0.4) is 0 Å². The fraction of sp³-hybridized carbons (Fsp3) is 0.143. The van der Waals surface area contributed by atoms with E-state index >= 15 is 0 Å². The topological polar surface area (TPSA) is 102 Å². The van der Waals surface area contributed by atoms with Gasteiger partial charge in [0.1, 0.15) is 17.1 Å². The molecule has 0 spiro atoms. The predicted octanol–water partition coefficient (Wildman–Crippen LogP) is 3.17. The maximum Gasteiger partial charge on any atom is 0.433 e. The van der Waals surface area contributed by atoms with Gasteiger partial charge in [-0.25, -0.2) is 23.5 Å². The van der Waals surface area contributed by atoms with E-state index in [1.807, 2.05) is 0 Å². The number of aromatic nitrogens is 3. The third kappa shape index (κ3) is 3.57. The minimum atomic E-state index is -4.66. The number of imidazole rings is 1. The molecule has 0 fully saturated rings. The minimum absolute atomic E-state index is 0.0119. The second kappa shape index (κ2) is 5.93. The third-order valence-corrected chi connectivity index (χ3v) is 5.01. The second-order valence-corrected chi connectivity index (χ2v) is 7.75. The molecular weight excluding hydrogens is 377 g/mol. The van der Waals surface area contributed by atoms with Crippen LogP contribution in [0.5, 0.6) is 0 Å². The molecule has 11 heteroatoms. The molecule has 0 unspecified atom stereocenters. The number of sulfonamides is 1. The molecular formula is C14H11F3N4O2S2. The molecule has 0 aliphatic carbocycles. The molecule has 3 rings (SSSR count). The van der Waals surface area contributed by atoms with Crippen molar-refractivity contribution in [1.29, 1.82) is 0 Å². The van der Waals surface area contributed by atoms with Gasteiger partial charge in [0, 0.05) is 10.9 Å². The molecule has 6 nitrogen and oxygen atoms in total. The van der Waals surface area contributed by atoms with Crippen LogP contribution < -0.4 is 5.14 Å². The van der Waals surface area contributed by atoms with Crippen molar-refractivity contribution in [2.45, 2.75) is 18.0 Å². The SMILES string of the molecule is Cc1nc(-c2nc(-c3ccc(S(N)(=O)=O)cc3)c(C(F)(F)F)[nH]2)cs1. The molecule has 2 aromatic heterocycles. The Morgan fingerprint density at radius 2 is 1.80 bits per heavy atom. The smallest absolute Gasteiger partial charge is 0.333 e. The molecule has 132 valence electrons. The number of thiazole rings is 1. The van der Waals surface area contributed by atoms with Gasteiger partial charge in [-0.3, -0.25) is 0 Å². The Bertz CT molecular complexity index is 1020. The molecule has 0 amide bonds. The highest BCUT2D eigenvalue weighted by Gasteiger charge is 2.37. The number of rotatable bonds is 3. The maximum atomic E-state index is 13.3. The first-order chi connectivity index (χ1) is 11.6. The van der Waals surface area contributed by atoms with Gasteiger partial charge >= 0.3 is 6.18 Å². The van der Waals surface area contributed by atoms with E-state index in [2.05, 4.69) is 15.0 Å². The van der Waals surface area contributed by atoms with Crippen molar-refractivity contribution < 1.29 is 21.6 Å². The lowest BCUT2D eigenvalue weighted by Crippen LogP contribution is -2.12. The first-order valence-electron chi connectivity index (χ1n) is 6.78. The Labute approximate surface area is 144 Å². The lowest BCUT2D eigenvalue weighted by atomic mass is 10.1. The molecule has 2 heterocycles. The molecule has 25 heavy (non-hydrogen) atoms. The van der Waals surface area contributed by atoms with E-state index in [9.17, 15) is 21.6 Å². The number of benzene rings is 1. The molecule has 0 bridgehead atoms. The summed E-state index contributed by atoms with van der Waals surface area (Å²) in [6.07, 6.45) is -4.66. The van der Waals surface area contributed by atoms with Gasteiger partial charge in [-0.15, -0.1) is 11.3 Å². The molecule has 0 saturated heterocycles. The number of halogens is 3. The molecule has 0 atom stereocenters. The quantitative estimate of drug-likeness (QED) is 0.719. The fourth-order valence-electron chi connectivity index (χ4n) is 2.18. The standard InChI is InChI=1S/C14H11F3N4O2S2/c1-7-19-10(6-24-7)13-20-11(12(21-13)14(15,16)17)8-2-4-9(5-3-8)25(18,22)23/h2-6H,1H3,(H,20,21)(H2,18,22,23). The monoisotopic (exact) mass is 388 g/mol. The molecule has 0 saturated carbocycles. The second-order valence-electron chi connectivity index (χ2n) is 5.13. The number of nitrogens with one attached hydrogen (secondary N) is 1. The molecule has 1 aromatic carbocycles. The summed E-state index contributed by atoms with van der Waals surface area (Å²) in [7, 11) is -3.93. The van der Waals surface area contributed by atoms with Crippen molar-refractivity contribution in [3.05, 3.63) is 40.3 Å². The highest BCUT2D eigenvalue weighted by atomic mass is 32.2. The van der Waals surface area contributed by atoms with Gasteiger partial charge in [0.15, 0.2) is 5.82 Å². The Kier molecular flexibility index (Phi) is 4.17. The lowest BCUT2D eigenvalue weighted by molar-refractivity contribution is -0.140. The predicted molar refractivity (Wildman–Crippen MR) is 86.2 cm³/mol. The summed E-state index contributed by atoms with van der Waals surface area (Å²) < 4.78 is 62.5. The highest BCUT2D eigenvalue weighted by molar-refractivity contribution is 7.89. The Morgan fingerprint density at radius 1 is 1.16 bits per heavy atom. The van der Waals surface area contributed by atoms with Crippen LogP contribution in [0.1, 0.15) is 10.7 Å². The van der Waals surface area contributed by atoms with E-state index in [0.29, 0.717) is 10.7 Å². The van der Waals surface area contributed by atoms with Crippen LogP contribution in [0.25, 0.3) is 22.8 Å². The number of alkyl halides is 3. The molecule has 3 aromatic rings. The van der Waals surface area contributed by atoms with Gasteiger partial charge in [0.2, 0.25) is 10.0 Å². The molecule has 0 radical (unpaired) electrons. The number of nitrogens with zero attached hydrogens (tertiary/aromatic N) is 2. The van der Waals surface area contributed by atoms with E-state index < -0.39 is 21.9 Å². The minimum Gasteiger partial charge on any atom is -0.333 e. The number of aromatic amines is 1. The number of primary sulfonamides is 1. The van der Waals surface area contributed by atoms with Crippen molar-refractivity contribution >= 4 is 21.4 Å². The van der Waals surface area contributed by atoms with Crippen molar-refractivity contribution in [1.82, 2.24) is 15.0 Å². The summed E-state index contributed by atoms with van der Waals surface area (Å²) in [5.74, 6) is -0.0119. The van der Waals surface area contributed by atoms with Crippen molar-refractivity contribution in [2.75, 3.05) is 0 Å². The van der Waals surface area contributed by atoms with Crippen LogP contribution in [0.4, 0.5) is 13.2 Å². The van der Waals surface area contributed by atoms with Crippen molar-refractivity contribution in [3.8, 4) is 22.8 Å². The number of H-pyrrole nitrogens is 1. The zero-order valence-corrected chi connectivity index (χ0v) is 14.3. The largest absolute Gasteiger partial charge is 0.433 e. The van der Waals surface area contributed by atoms with E-state index in [4.69, 9.17) is 5.14 Å². The van der Waals surface area contributed by atoms with Gasteiger partial charge in [0.25, 0.3) is 0 Å².